The molecule has 0 aromatic rings. The number of hydrogen-bond donors (Lipinski definition) is 0. The van der Waals surface area contributed by atoms with E-state index in [1.54, 1.807) is 0 Å². The van der Waals surface area contributed by atoms with Gasteiger partial charge in [0.1, 0.15) is 0 Å². The van der Waals surface area contributed by atoms with Crippen molar-refractivity contribution in [3.8, 4) is 0 Å². The largest absolute Gasteiger partial charge is 0.0683 e. The maximum absolute atomic E-state index is 2.39. The third-order valence-corrected chi connectivity index (χ3v) is 3.33. The molecule has 0 aromatic heterocycles. The Balaban J connectivity index is 0.000000461. The van der Waals surface area contributed by atoms with Gasteiger partial charge in [0.05, 0.1) is 0 Å². The number of hydrogen-bond acceptors (Lipinski definition) is 0. The molecule has 68 valence electrons. The first-order valence-corrected chi connectivity index (χ1v) is 5.04. The Morgan fingerprint density at radius 1 is 1.09 bits per heavy atom. The normalized spacial score (nSPS) is 34.4. The molecule has 2 atom stereocenters. The maximum atomic E-state index is 2.39. The van der Waals surface area contributed by atoms with Gasteiger partial charge in [0, 0.05) is 0 Å². The van der Waals surface area contributed by atoms with Crippen LogP contribution >= 0.6 is 0 Å². The summed E-state index contributed by atoms with van der Waals surface area (Å²) in [5.74, 6) is 1.89. The zero-order valence-electron chi connectivity index (χ0n) is 9.07. The standard InChI is InChI=1S/C9H18.C2H6/c1-7-5-6-9(3,4)8(7)2;1-2/h7-8H,5-6H2,1-4H3;1-2H3. The molecule has 1 saturated carbocycles. The van der Waals surface area contributed by atoms with E-state index in [0.717, 1.165) is 11.8 Å². The van der Waals surface area contributed by atoms with Crippen LogP contribution < -0.4 is 0 Å². The Bertz CT molecular complexity index is 103. The Kier molecular flexibility index (Phi) is 4.13. The summed E-state index contributed by atoms with van der Waals surface area (Å²) in [6.07, 6.45) is 2.86. The summed E-state index contributed by atoms with van der Waals surface area (Å²) in [6, 6.07) is 0. The fourth-order valence-electron chi connectivity index (χ4n) is 1.85. The molecule has 0 N–H and O–H groups in total. The zero-order valence-corrected chi connectivity index (χ0v) is 9.07. The monoisotopic (exact) mass is 156 g/mol. The molecule has 1 fully saturated rings. The van der Waals surface area contributed by atoms with Gasteiger partial charge in [-0.15, -0.1) is 0 Å². The van der Waals surface area contributed by atoms with E-state index in [-0.39, 0.29) is 0 Å². The molecule has 2 unspecified atom stereocenters. The van der Waals surface area contributed by atoms with Gasteiger partial charge in [-0.1, -0.05) is 41.5 Å². The van der Waals surface area contributed by atoms with Crippen LogP contribution in [-0.2, 0) is 0 Å². The highest BCUT2D eigenvalue weighted by Crippen LogP contribution is 2.45. The van der Waals surface area contributed by atoms with Gasteiger partial charge in [0.15, 0.2) is 0 Å². The van der Waals surface area contributed by atoms with E-state index in [9.17, 15) is 0 Å². The SMILES string of the molecule is CC.CC1CCC(C)(C)C1C. The van der Waals surface area contributed by atoms with Crippen molar-refractivity contribution >= 4 is 0 Å². The van der Waals surface area contributed by atoms with Crippen molar-refractivity contribution in [2.45, 2.75) is 54.4 Å². The molecule has 0 amide bonds. The fourth-order valence-corrected chi connectivity index (χ4v) is 1.85. The molecule has 0 spiro atoms. The van der Waals surface area contributed by atoms with Crippen molar-refractivity contribution in [2.75, 3.05) is 0 Å². The molecule has 0 heterocycles. The third-order valence-electron chi connectivity index (χ3n) is 3.33. The summed E-state index contributed by atoms with van der Waals surface area (Å²) < 4.78 is 0. The molecule has 0 aromatic carbocycles. The molecule has 0 aliphatic heterocycles. The Morgan fingerprint density at radius 3 is 1.64 bits per heavy atom. The molecule has 1 rings (SSSR count). The Labute approximate surface area is 72.4 Å². The van der Waals surface area contributed by atoms with E-state index < -0.39 is 0 Å². The highest BCUT2D eigenvalue weighted by Gasteiger charge is 2.35. The van der Waals surface area contributed by atoms with Crippen LogP contribution in [0.3, 0.4) is 0 Å². The summed E-state index contributed by atoms with van der Waals surface area (Å²) in [5.41, 5.74) is 0.624. The summed E-state index contributed by atoms with van der Waals surface area (Å²) in [5, 5.41) is 0. The van der Waals surface area contributed by atoms with Crippen LogP contribution in [-0.4, -0.2) is 0 Å². The van der Waals surface area contributed by atoms with E-state index in [1.165, 1.54) is 12.8 Å². The average molecular weight is 156 g/mol. The van der Waals surface area contributed by atoms with Crippen molar-refractivity contribution in [3.63, 3.8) is 0 Å². The quantitative estimate of drug-likeness (QED) is 0.495. The minimum absolute atomic E-state index is 0.624. The van der Waals surface area contributed by atoms with E-state index in [1.807, 2.05) is 13.8 Å². The predicted molar refractivity (Wildman–Crippen MR) is 52.7 cm³/mol. The molecule has 0 saturated heterocycles. The van der Waals surface area contributed by atoms with E-state index in [0.29, 0.717) is 5.41 Å². The van der Waals surface area contributed by atoms with Crippen molar-refractivity contribution in [2.24, 2.45) is 17.3 Å². The van der Waals surface area contributed by atoms with Crippen LogP contribution in [0.15, 0.2) is 0 Å². The van der Waals surface area contributed by atoms with Crippen molar-refractivity contribution in [1.82, 2.24) is 0 Å². The van der Waals surface area contributed by atoms with Crippen molar-refractivity contribution < 1.29 is 0 Å². The first-order chi connectivity index (χ1) is 5.04. The molecular weight excluding hydrogens is 132 g/mol. The molecule has 0 nitrogen and oxygen atoms in total. The minimum atomic E-state index is 0.624. The van der Waals surface area contributed by atoms with Gasteiger partial charge in [-0.05, 0) is 30.1 Å². The van der Waals surface area contributed by atoms with Gasteiger partial charge in [-0.2, -0.15) is 0 Å². The van der Waals surface area contributed by atoms with Gasteiger partial charge in [-0.3, -0.25) is 0 Å². The van der Waals surface area contributed by atoms with Crippen molar-refractivity contribution in [1.29, 1.82) is 0 Å². The highest BCUT2D eigenvalue weighted by atomic mass is 14.4. The van der Waals surface area contributed by atoms with Crippen molar-refractivity contribution in [3.05, 3.63) is 0 Å². The smallest absolute Gasteiger partial charge is 0.0326 e. The van der Waals surface area contributed by atoms with Gasteiger partial charge in [0.25, 0.3) is 0 Å². The first-order valence-electron chi connectivity index (χ1n) is 5.04. The van der Waals surface area contributed by atoms with Crippen LogP contribution in [0.25, 0.3) is 0 Å². The maximum Gasteiger partial charge on any atom is -0.0326 e. The second kappa shape index (κ2) is 4.13. The predicted octanol–water partition coefficient (Wildman–Crippen LogP) is 4.10. The third kappa shape index (κ3) is 2.50. The first kappa shape index (κ1) is 11.0. The van der Waals surface area contributed by atoms with Gasteiger partial charge < -0.3 is 0 Å². The van der Waals surface area contributed by atoms with Crippen LogP contribution in [0.1, 0.15) is 54.4 Å². The zero-order chi connectivity index (χ0) is 9.07. The van der Waals surface area contributed by atoms with Gasteiger partial charge in [0.2, 0.25) is 0 Å². The van der Waals surface area contributed by atoms with Gasteiger partial charge >= 0.3 is 0 Å². The molecular formula is C11H24. The van der Waals surface area contributed by atoms with E-state index >= 15 is 0 Å². The van der Waals surface area contributed by atoms with Gasteiger partial charge in [-0.25, -0.2) is 0 Å². The second-order valence-electron chi connectivity index (χ2n) is 4.29. The molecule has 0 heteroatoms. The Hall–Kier alpha value is 0. The second-order valence-corrected chi connectivity index (χ2v) is 4.29. The molecule has 1 aliphatic carbocycles. The summed E-state index contributed by atoms with van der Waals surface area (Å²) in [6.45, 7) is 13.5. The Morgan fingerprint density at radius 2 is 1.55 bits per heavy atom. The highest BCUT2D eigenvalue weighted by molar-refractivity contribution is 4.85. The average Bonchev–Trinajstić information content (AvgIpc) is 2.21. The fraction of sp³-hybridized carbons (Fsp3) is 1.00. The topological polar surface area (TPSA) is 0 Å². The summed E-state index contributed by atoms with van der Waals surface area (Å²) >= 11 is 0. The molecule has 0 bridgehead atoms. The van der Waals surface area contributed by atoms with Crippen LogP contribution in [0.2, 0.25) is 0 Å². The van der Waals surface area contributed by atoms with Crippen LogP contribution in [0.5, 0.6) is 0 Å². The minimum Gasteiger partial charge on any atom is -0.0683 e. The molecule has 0 radical (unpaired) electrons. The number of rotatable bonds is 0. The summed E-state index contributed by atoms with van der Waals surface area (Å²) in [7, 11) is 0. The van der Waals surface area contributed by atoms with Crippen LogP contribution in [0, 0.1) is 17.3 Å². The lowest BCUT2D eigenvalue weighted by Gasteiger charge is -2.25. The lowest BCUT2D eigenvalue weighted by atomic mass is 9.81. The lowest BCUT2D eigenvalue weighted by molar-refractivity contribution is 0.248. The lowest BCUT2D eigenvalue weighted by Crippen LogP contribution is -2.17. The molecule has 1 aliphatic rings. The summed E-state index contributed by atoms with van der Waals surface area (Å²) in [4.78, 5) is 0. The van der Waals surface area contributed by atoms with E-state index in [2.05, 4.69) is 27.7 Å². The molecule has 11 heavy (non-hydrogen) atoms. The van der Waals surface area contributed by atoms with Crippen LogP contribution in [0.4, 0.5) is 0 Å². The van der Waals surface area contributed by atoms with E-state index in [4.69, 9.17) is 0 Å².